The quantitative estimate of drug-likeness (QED) is 0.661. The molecule has 3 heteroatoms. The summed E-state index contributed by atoms with van der Waals surface area (Å²) in [4.78, 5) is 0. The van der Waals surface area contributed by atoms with Crippen molar-refractivity contribution in [1.82, 2.24) is 0 Å². The Kier molecular flexibility index (Phi) is 3.86. The second-order valence-electron chi connectivity index (χ2n) is 6.88. The van der Waals surface area contributed by atoms with Crippen molar-refractivity contribution in [3.05, 3.63) is 0 Å². The minimum Gasteiger partial charge on any atom is -0.157 e. The lowest BCUT2D eigenvalue weighted by atomic mass is 9.71. The number of thioether (sulfide) groups is 3. The van der Waals surface area contributed by atoms with E-state index in [1.165, 1.54) is 17.3 Å². The molecule has 0 aromatic heterocycles. The van der Waals surface area contributed by atoms with Crippen LogP contribution in [0.25, 0.3) is 0 Å². The van der Waals surface area contributed by atoms with E-state index in [4.69, 9.17) is 0 Å². The summed E-state index contributed by atoms with van der Waals surface area (Å²) in [6.07, 6.45) is 9.45. The first kappa shape index (κ1) is 12.8. The molecule has 3 saturated heterocycles. The molecule has 1 saturated carbocycles. The van der Waals surface area contributed by atoms with Gasteiger partial charge in [-0.05, 0) is 56.3 Å². The fourth-order valence-electron chi connectivity index (χ4n) is 4.01. The van der Waals surface area contributed by atoms with Gasteiger partial charge in [-0.25, -0.2) is 0 Å². The zero-order valence-corrected chi connectivity index (χ0v) is 13.5. The van der Waals surface area contributed by atoms with Crippen LogP contribution in [0.1, 0.15) is 38.5 Å². The fourth-order valence-corrected chi connectivity index (χ4v) is 6.05. The van der Waals surface area contributed by atoms with Crippen molar-refractivity contribution >= 4 is 35.3 Å². The van der Waals surface area contributed by atoms with Crippen molar-refractivity contribution < 1.29 is 0 Å². The van der Waals surface area contributed by atoms with E-state index in [9.17, 15) is 0 Å². The Labute approximate surface area is 124 Å². The summed E-state index contributed by atoms with van der Waals surface area (Å²) in [6.45, 7) is 0. The predicted octanol–water partition coefficient (Wildman–Crippen LogP) is 4.54. The van der Waals surface area contributed by atoms with Gasteiger partial charge in [-0.3, -0.25) is 0 Å². The van der Waals surface area contributed by atoms with E-state index < -0.39 is 0 Å². The Morgan fingerprint density at radius 2 is 0.833 bits per heavy atom. The smallest absolute Gasteiger partial charge is 0.0141 e. The zero-order chi connectivity index (χ0) is 11.9. The highest BCUT2D eigenvalue weighted by Crippen LogP contribution is 2.49. The lowest BCUT2D eigenvalue weighted by Gasteiger charge is -2.35. The topological polar surface area (TPSA) is 0 Å². The minimum absolute atomic E-state index is 1.07. The van der Waals surface area contributed by atoms with Crippen LogP contribution in [0.3, 0.4) is 0 Å². The van der Waals surface area contributed by atoms with Crippen molar-refractivity contribution in [3.63, 3.8) is 0 Å². The van der Waals surface area contributed by atoms with Gasteiger partial charge in [-0.1, -0.05) is 0 Å². The Bertz CT molecular complexity index is 241. The molecular formula is C15H24S3. The number of hydrogen-bond donors (Lipinski definition) is 0. The average molecular weight is 301 g/mol. The summed E-state index contributed by atoms with van der Waals surface area (Å²) < 4.78 is 0. The molecule has 0 nitrogen and oxygen atoms in total. The molecule has 0 aromatic rings. The third-order valence-electron chi connectivity index (χ3n) is 5.00. The van der Waals surface area contributed by atoms with Crippen LogP contribution in [0.4, 0.5) is 0 Å². The van der Waals surface area contributed by atoms with Crippen molar-refractivity contribution in [1.29, 1.82) is 0 Å². The third kappa shape index (κ3) is 3.79. The van der Waals surface area contributed by atoms with E-state index in [2.05, 4.69) is 35.3 Å². The third-order valence-corrected chi connectivity index (χ3v) is 7.99. The summed E-state index contributed by atoms with van der Waals surface area (Å²) in [5, 5.41) is 3.21. The van der Waals surface area contributed by atoms with Crippen LogP contribution in [0, 0.1) is 17.8 Å². The van der Waals surface area contributed by atoms with Crippen LogP contribution in [-0.4, -0.2) is 33.0 Å². The largest absolute Gasteiger partial charge is 0.157 e. The van der Waals surface area contributed by atoms with E-state index in [1.807, 2.05) is 0 Å². The highest BCUT2D eigenvalue weighted by Gasteiger charge is 2.38. The number of hydrogen-bond acceptors (Lipinski definition) is 3. The summed E-state index contributed by atoms with van der Waals surface area (Å²) in [6, 6.07) is 0. The summed E-state index contributed by atoms with van der Waals surface area (Å²) >= 11 is 6.63. The molecule has 0 bridgehead atoms. The highest BCUT2D eigenvalue weighted by atomic mass is 32.2. The molecule has 0 N–H and O–H groups in total. The molecule has 1 aliphatic carbocycles. The van der Waals surface area contributed by atoms with Gasteiger partial charge in [-0.15, -0.1) is 0 Å². The molecule has 3 unspecified atom stereocenters. The maximum Gasteiger partial charge on any atom is 0.0141 e. The van der Waals surface area contributed by atoms with Crippen LogP contribution in [0.15, 0.2) is 0 Å². The first-order valence-electron chi connectivity index (χ1n) is 7.70. The monoisotopic (exact) mass is 300 g/mol. The normalized spacial score (nSPS) is 50.0. The molecule has 3 heterocycles. The van der Waals surface area contributed by atoms with Gasteiger partial charge in [-0.2, -0.15) is 35.3 Å². The molecule has 4 rings (SSSR count). The maximum atomic E-state index is 2.21. The van der Waals surface area contributed by atoms with Gasteiger partial charge in [0.25, 0.3) is 0 Å². The lowest BCUT2D eigenvalue weighted by Crippen LogP contribution is -2.25. The zero-order valence-electron chi connectivity index (χ0n) is 11.1. The molecule has 102 valence electrons. The van der Waals surface area contributed by atoms with Gasteiger partial charge in [0.05, 0.1) is 0 Å². The molecule has 3 aliphatic heterocycles. The van der Waals surface area contributed by atoms with Crippen LogP contribution in [-0.2, 0) is 0 Å². The lowest BCUT2D eigenvalue weighted by molar-refractivity contribution is 0.177. The second-order valence-corrected chi connectivity index (χ2v) is 10.9. The van der Waals surface area contributed by atoms with Crippen LogP contribution in [0.5, 0.6) is 0 Å². The van der Waals surface area contributed by atoms with E-state index in [0.717, 1.165) is 33.5 Å². The highest BCUT2D eigenvalue weighted by molar-refractivity contribution is 8.07. The van der Waals surface area contributed by atoms with Gasteiger partial charge in [0, 0.05) is 33.0 Å². The summed E-state index contributed by atoms with van der Waals surface area (Å²) in [7, 11) is 0. The summed E-state index contributed by atoms with van der Waals surface area (Å²) in [5.41, 5.74) is 0. The molecule has 0 spiro atoms. The Morgan fingerprint density at radius 1 is 0.556 bits per heavy atom. The van der Waals surface area contributed by atoms with Gasteiger partial charge in [0.1, 0.15) is 0 Å². The van der Waals surface area contributed by atoms with E-state index in [-0.39, 0.29) is 0 Å². The van der Waals surface area contributed by atoms with Gasteiger partial charge < -0.3 is 0 Å². The van der Waals surface area contributed by atoms with E-state index >= 15 is 0 Å². The predicted molar refractivity (Wildman–Crippen MR) is 86.9 cm³/mol. The molecule has 0 amide bonds. The molecule has 18 heavy (non-hydrogen) atoms. The van der Waals surface area contributed by atoms with E-state index in [0.29, 0.717) is 0 Å². The summed E-state index contributed by atoms with van der Waals surface area (Å²) in [5.74, 6) is 7.72. The maximum absolute atomic E-state index is 2.21. The minimum atomic E-state index is 1.07. The van der Waals surface area contributed by atoms with Crippen molar-refractivity contribution in [2.45, 2.75) is 54.3 Å². The standard InChI is InChI=1S/C15H24S3/c1-10(4-13-7-16-13)2-12(6-15-9-18-15)3-11(1)5-14-8-17-14/h10-15H,1-9H2. The first-order valence-corrected chi connectivity index (χ1v) is 10.8. The SMILES string of the molecule is C1C(CC2CS2)CC(CC2CS2)CC1CC1CS1. The van der Waals surface area contributed by atoms with Crippen LogP contribution >= 0.6 is 35.3 Å². The Morgan fingerprint density at radius 3 is 1.06 bits per heavy atom. The Balaban J connectivity index is 1.33. The van der Waals surface area contributed by atoms with E-state index in [1.54, 1.807) is 38.5 Å². The van der Waals surface area contributed by atoms with Crippen molar-refractivity contribution in [2.24, 2.45) is 17.8 Å². The fraction of sp³-hybridized carbons (Fsp3) is 1.00. The van der Waals surface area contributed by atoms with Crippen LogP contribution < -0.4 is 0 Å². The van der Waals surface area contributed by atoms with Gasteiger partial charge in [0.2, 0.25) is 0 Å². The van der Waals surface area contributed by atoms with Gasteiger partial charge in [0.15, 0.2) is 0 Å². The molecule has 0 aromatic carbocycles. The molecule has 3 atom stereocenters. The molecule has 0 radical (unpaired) electrons. The molecule has 4 fully saturated rings. The molecule has 4 aliphatic rings. The van der Waals surface area contributed by atoms with Crippen molar-refractivity contribution in [2.75, 3.05) is 17.3 Å². The van der Waals surface area contributed by atoms with Crippen molar-refractivity contribution in [3.8, 4) is 0 Å². The molecular weight excluding hydrogens is 276 g/mol. The Hall–Kier alpha value is 1.05. The first-order chi connectivity index (χ1) is 8.85. The van der Waals surface area contributed by atoms with Gasteiger partial charge >= 0.3 is 0 Å². The average Bonchev–Trinajstić information content (AvgIpc) is 3.17. The van der Waals surface area contributed by atoms with Crippen LogP contribution in [0.2, 0.25) is 0 Å². The number of rotatable bonds is 6. The second kappa shape index (κ2) is 5.44.